The number of amides is 1. The molecule has 154 valence electrons. The quantitative estimate of drug-likeness (QED) is 0.373. The lowest BCUT2D eigenvalue weighted by Crippen LogP contribution is -2.13. The van der Waals surface area contributed by atoms with Crippen molar-refractivity contribution in [2.24, 2.45) is 5.92 Å². The van der Waals surface area contributed by atoms with E-state index in [1.807, 2.05) is 44.2 Å². The van der Waals surface area contributed by atoms with E-state index in [1.165, 1.54) is 0 Å². The van der Waals surface area contributed by atoms with Crippen LogP contribution >= 0.6 is 0 Å². The minimum absolute atomic E-state index is 0.0201. The third-order valence-electron chi connectivity index (χ3n) is 5.14. The van der Waals surface area contributed by atoms with Gasteiger partial charge in [-0.05, 0) is 30.2 Å². The van der Waals surface area contributed by atoms with Gasteiger partial charge in [-0.1, -0.05) is 32.0 Å². The fourth-order valence-electron chi connectivity index (χ4n) is 3.71. The van der Waals surface area contributed by atoms with Crippen LogP contribution in [0, 0.1) is 5.92 Å². The monoisotopic (exact) mass is 410 g/mol. The lowest BCUT2D eigenvalue weighted by molar-refractivity contribution is -0.116. The Morgan fingerprint density at radius 1 is 1.06 bits per heavy atom. The van der Waals surface area contributed by atoms with Crippen LogP contribution in [-0.2, 0) is 4.79 Å². The number of nitrogens with one attached hydrogen (secondary N) is 3. The molecule has 1 amide bonds. The molecule has 0 aliphatic heterocycles. The fraction of sp³-hybridized carbons (Fsp3) is 0.167. The number of hydrogen-bond donors (Lipinski definition) is 3. The number of para-hydroxylation sites is 1. The molecule has 1 aromatic carbocycles. The van der Waals surface area contributed by atoms with Gasteiger partial charge < -0.3 is 10.3 Å². The number of rotatable bonds is 5. The van der Waals surface area contributed by atoms with Gasteiger partial charge in [0.25, 0.3) is 0 Å². The highest BCUT2D eigenvalue weighted by Crippen LogP contribution is 2.31. The molecule has 0 bridgehead atoms. The van der Waals surface area contributed by atoms with Gasteiger partial charge in [0.1, 0.15) is 5.69 Å². The van der Waals surface area contributed by atoms with E-state index in [0.717, 1.165) is 44.5 Å². The zero-order valence-corrected chi connectivity index (χ0v) is 17.3. The summed E-state index contributed by atoms with van der Waals surface area (Å²) < 4.78 is 0. The van der Waals surface area contributed by atoms with Crippen molar-refractivity contribution in [1.82, 2.24) is 25.1 Å². The molecule has 31 heavy (non-hydrogen) atoms. The van der Waals surface area contributed by atoms with Crippen molar-refractivity contribution in [2.75, 3.05) is 5.32 Å². The summed E-state index contributed by atoms with van der Waals surface area (Å²) >= 11 is 0. The number of aromatic nitrogens is 5. The molecule has 0 atom stereocenters. The number of hydrogen-bond acceptors (Lipinski definition) is 4. The normalized spacial score (nSPS) is 11.5. The highest BCUT2D eigenvalue weighted by molar-refractivity contribution is 5.97. The SMILES string of the molecule is CC(C)CC(=O)Nc1cncc(-c2cc3c(-c4cc5ccccc5[nH]4)n[nH]c3cn2)c1. The Bertz CT molecular complexity index is 1360. The Morgan fingerprint density at radius 3 is 2.77 bits per heavy atom. The number of pyridine rings is 2. The largest absolute Gasteiger partial charge is 0.353 e. The van der Waals surface area contributed by atoms with E-state index >= 15 is 0 Å². The van der Waals surface area contributed by atoms with Gasteiger partial charge in [-0.2, -0.15) is 5.10 Å². The van der Waals surface area contributed by atoms with Crippen molar-refractivity contribution in [1.29, 1.82) is 0 Å². The fourth-order valence-corrected chi connectivity index (χ4v) is 3.71. The van der Waals surface area contributed by atoms with Gasteiger partial charge in [0.2, 0.25) is 5.91 Å². The van der Waals surface area contributed by atoms with Crippen molar-refractivity contribution >= 4 is 33.4 Å². The van der Waals surface area contributed by atoms with Gasteiger partial charge in [-0.15, -0.1) is 0 Å². The van der Waals surface area contributed by atoms with Crippen LogP contribution in [0.1, 0.15) is 20.3 Å². The summed E-state index contributed by atoms with van der Waals surface area (Å²) in [5, 5.41) is 12.6. The Morgan fingerprint density at radius 2 is 1.94 bits per heavy atom. The average molecular weight is 410 g/mol. The molecule has 7 nitrogen and oxygen atoms in total. The summed E-state index contributed by atoms with van der Waals surface area (Å²) in [6.07, 6.45) is 5.63. The number of benzene rings is 1. The molecule has 3 N–H and O–H groups in total. The maximum absolute atomic E-state index is 12.1. The molecule has 5 rings (SSSR count). The van der Waals surface area contributed by atoms with Crippen LogP contribution < -0.4 is 5.32 Å². The molecule has 5 aromatic rings. The first-order valence-electron chi connectivity index (χ1n) is 10.2. The summed E-state index contributed by atoms with van der Waals surface area (Å²) in [5.41, 5.74) is 5.95. The van der Waals surface area contributed by atoms with E-state index in [2.05, 4.69) is 42.6 Å². The van der Waals surface area contributed by atoms with E-state index in [4.69, 9.17) is 0 Å². The first-order chi connectivity index (χ1) is 15.1. The Labute approximate surface area is 178 Å². The zero-order chi connectivity index (χ0) is 21.4. The lowest BCUT2D eigenvalue weighted by Gasteiger charge is -2.08. The molecule has 0 fully saturated rings. The summed E-state index contributed by atoms with van der Waals surface area (Å²) in [6, 6.07) is 14.1. The third kappa shape index (κ3) is 3.77. The molecular weight excluding hydrogens is 388 g/mol. The van der Waals surface area contributed by atoms with E-state index < -0.39 is 0 Å². The molecule has 0 aliphatic carbocycles. The lowest BCUT2D eigenvalue weighted by atomic mass is 10.1. The smallest absolute Gasteiger partial charge is 0.224 e. The first kappa shape index (κ1) is 19.0. The second kappa shape index (κ2) is 7.68. The minimum Gasteiger partial charge on any atom is -0.353 e. The Kier molecular flexibility index (Phi) is 4.71. The Balaban J connectivity index is 1.51. The molecular formula is C24H22N6O. The van der Waals surface area contributed by atoms with Crippen molar-refractivity contribution in [3.8, 4) is 22.6 Å². The standard InChI is InChI=1S/C24H22N6O/c1-14(2)7-23(31)27-17-8-16(11-25-12-17)20-10-18-22(13-26-20)29-30-24(18)21-9-15-5-3-4-6-19(15)28-21/h3-6,8-14,28H,7H2,1-2H3,(H,27,31)(H,29,30). The average Bonchev–Trinajstić information content (AvgIpc) is 3.36. The highest BCUT2D eigenvalue weighted by atomic mass is 16.1. The van der Waals surface area contributed by atoms with Gasteiger partial charge >= 0.3 is 0 Å². The topological polar surface area (TPSA) is 99.4 Å². The maximum atomic E-state index is 12.1. The number of nitrogens with zero attached hydrogens (tertiary/aromatic N) is 3. The van der Waals surface area contributed by atoms with Crippen LogP contribution in [0.3, 0.4) is 0 Å². The number of fused-ring (bicyclic) bond motifs is 2. The molecule has 0 aliphatic rings. The minimum atomic E-state index is -0.0201. The molecule has 0 saturated heterocycles. The molecule has 0 radical (unpaired) electrons. The van der Waals surface area contributed by atoms with Gasteiger partial charge in [-0.25, -0.2) is 0 Å². The summed E-state index contributed by atoms with van der Waals surface area (Å²) in [6.45, 7) is 4.03. The first-order valence-corrected chi connectivity index (χ1v) is 10.2. The van der Waals surface area contributed by atoms with Crippen LogP contribution in [0.5, 0.6) is 0 Å². The van der Waals surface area contributed by atoms with Crippen molar-refractivity contribution in [3.63, 3.8) is 0 Å². The summed E-state index contributed by atoms with van der Waals surface area (Å²) in [5.74, 6) is 0.276. The highest BCUT2D eigenvalue weighted by Gasteiger charge is 2.13. The number of anilines is 1. The second-order valence-electron chi connectivity index (χ2n) is 8.07. The van der Waals surface area contributed by atoms with Crippen LogP contribution in [0.2, 0.25) is 0 Å². The van der Waals surface area contributed by atoms with Crippen LogP contribution in [0.15, 0.2) is 61.1 Å². The van der Waals surface area contributed by atoms with Gasteiger partial charge in [0.15, 0.2) is 0 Å². The molecule has 0 unspecified atom stereocenters. The predicted octanol–water partition coefficient (Wildman–Crippen LogP) is 5.15. The van der Waals surface area contributed by atoms with Crippen LogP contribution in [0.25, 0.3) is 44.5 Å². The van der Waals surface area contributed by atoms with E-state index in [9.17, 15) is 4.79 Å². The summed E-state index contributed by atoms with van der Waals surface area (Å²) in [7, 11) is 0. The molecule has 7 heteroatoms. The molecule has 0 spiro atoms. The molecule has 4 heterocycles. The third-order valence-corrected chi connectivity index (χ3v) is 5.14. The van der Waals surface area contributed by atoms with Crippen LogP contribution in [-0.4, -0.2) is 31.1 Å². The molecule has 4 aromatic heterocycles. The number of carbonyl (C=O) groups is 1. The van der Waals surface area contributed by atoms with Gasteiger partial charge in [0.05, 0.1) is 35.0 Å². The zero-order valence-electron chi connectivity index (χ0n) is 17.3. The maximum Gasteiger partial charge on any atom is 0.224 e. The van der Waals surface area contributed by atoms with Crippen LogP contribution in [0.4, 0.5) is 5.69 Å². The van der Waals surface area contributed by atoms with Gasteiger partial charge in [0, 0.05) is 34.5 Å². The second-order valence-corrected chi connectivity index (χ2v) is 8.07. The summed E-state index contributed by atoms with van der Waals surface area (Å²) in [4.78, 5) is 24.4. The van der Waals surface area contributed by atoms with E-state index in [1.54, 1.807) is 18.6 Å². The number of carbonyl (C=O) groups excluding carboxylic acids is 1. The van der Waals surface area contributed by atoms with E-state index in [0.29, 0.717) is 18.0 Å². The molecule has 0 saturated carbocycles. The predicted molar refractivity (Wildman–Crippen MR) is 122 cm³/mol. The van der Waals surface area contributed by atoms with Crippen molar-refractivity contribution in [2.45, 2.75) is 20.3 Å². The number of aromatic amines is 2. The van der Waals surface area contributed by atoms with Gasteiger partial charge in [-0.3, -0.25) is 19.9 Å². The van der Waals surface area contributed by atoms with E-state index in [-0.39, 0.29) is 5.91 Å². The number of H-pyrrole nitrogens is 2. The van der Waals surface area contributed by atoms with Crippen molar-refractivity contribution in [3.05, 3.63) is 61.1 Å². The van der Waals surface area contributed by atoms with Crippen molar-refractivity contribution < 1.29 is 4.79 Å². The Hall–Kier alpha value is -4.00.